The maximum atomic E-state index is 15.2. The SMILES string of the molecule is CCOC(=O)[C@H]1[C@H]2CC[C@@H]([C@@H]1Nc1nc(-c3cn(S(=O)(=O)c4ccc(C)cc4)c4ncc(F)cc34)nn3cccc13)C(F)(F)C2. The summed E-state index contributed by atoms with van der Waals surface area (Å²) in [5.41, 5.74) is 1.44. The summed E-state index contributed by atoms with van der Waals surface area (Å²) < 4.78 is 80.2. The Kier molecular flexibility index (Phi) is 6.87. The first-order valence-electron chi connectivity index (χ1n) is 14.6. The molecule has 0 unspecified atom stereocenters. The van der Waals surface area contributed by atoms with Crippen LogP contribution in [0.2, 0.25) is 0 Å². The van der Waals surface area contributed by atoms with Crippen LogP contribution in [-0.2, 0) is 19.6 Å². The van der Waals surface area contributed by atoms with Gasteiger partial charge in [-0.3, -0.25) is 4.79 Å². The fourth-order valence-electron chi connectivity index (χ4n) is 6.82. The largest absolute Gasteiger partial charge is 0.466 e. The number of rotatable bonds is 7. The summed E-state index contributed by atoms with van der Waals surface area (Å²) in [6, 6.07) is 9.82. The van der Waals surface area contributed by atoms with E-state index in [9.17, 15) is 17.6 Å². The lowest BCUT2D eigenvalue weighted by Crippen LogP contribution is -2.59. The van der Waals surface area contributed by atoms with E-state index in [-0.39, 0.29) is 52.6 Å². The van der Waals surface area contributed by atoms with E-state index in [2.05, 4.69) is 20.4 Å². The van der Waals surface area contributed by atoms with Gasteiger partial charge in [0.2, 0.25) is 0 Å². The molecule has 0 spiro atoms. The van der Waals surface area contributed by atoms with Gasteiger partial charge in [0.15, 0.2) is 17.3 Å². The van der Waals surface area contributed by atoms with E-state index in [0.29, 0.717) is 11.9 Å². The first kappa shape index (κ1) is 29.3. The number of aromatic nitrogens is 5. The van der Waals surface area contributed by atoms with Crippen LogP contribution in [0.15, 0.2) is 66.0 Å². The second-order valence-electron chi connectivity index (χ2n) is 11.7. The van der Waals surface area contributed by atoms with Gasteiger partial charge in [0.25, 0.3) is 15.9 Å². The quantitative estimate of drug-likeness (QED) is 0.234. The summed E-state index contributed by atoms with van der Waals surface area (Å²) in [5, 5.41) is 7.84. The second kappa shape index (κ2) is 10.6. The Morgan fingerprint density at radius 2 is 1.96 bits per heavy atom. The molecule has 0 saturated heterocycles. The van der Waals surface area contributed by atoms with Crippen molar-refractivity contribution in [2.24, 2.45) is 17.8 Å². The number of pyridine rings is 1. The van der Waals surface area contributed by atoms with Crippen LogP contribution in [-0.4, -0.2) is 56.5 Å². The van der Waals surface area contributed by atoms with Crippen molar-refractivity contribution in [1.29, 1.82) is 0 Å². The molecule has 0 aliphatic heterocycles. The molecular formula is C31H29F3N6O4S. The lowest BCUT2D eigenvalue weighted by atomic mass is 9.59. The third-order valence-electron chi connectivity index (χ3n) is 8.90. The number of anilines is 1. The highest BCUT2D eigenvalue weighted by Crippen LogP contribution is 2.54. The summed E-state index contributed by atoms with van der Waals surface area (Å²) in [4.78, 5) is 21.8. The molecule has 8 rings (SSSR count). The molecule has 0 amide bonds. The van der Waals surface area contributed by atoms with Gasteiger partial charge >= 0.3 is 5.97 Å². The van der Waals surface area contributed by atoms with Crippen molar-refractivity contribution in [1.82, 2.24) is 23.6 Å². The van der Waals surface area contributed by atoms with E-state index in [4.69, 9.17) is 4.74 Å². The Hall–Kier alpha value is -4.46. The summed E-state index contributed by atoms with van der Waals surface area (Å²) in [6.45, 7) is 3.62. The van der Waals surface area contributed by atoms with E-state index in [1.54, 1.807) is 37.4 Å². The molecule has 4 heterocycles. The number of nitrogens with zero attached hydrogens (tertiary/aromatic N) is 5. The van der Waals surface area contributed by atoms with Crippen LogP contribution < -0.4 is 5.32 Å². The number of alkyl halides is 2. The minimum atomic E-state index is -4.17. The highest BCUT2D eigenvalue weighted by molar-refractivity contribution is 7.90. The Morgan fingerprint density at radius 1 is 1.18 bits per heavy atom. The van der Waals surface area contributed by atoms with Crippen LogP contribution >= 0.6 is 0 Å². The molecule has 4 aromatic heterocycles. The number of aryl methyl sites for hydroxylation is 1. The minimum Gasteiger partial charge on any atom is -0.466 e. The standard InChI is InChI=1S/C31H29F3N6O4S/c1-3-44-30(41)25-18-8-11-23(31(33,34)14-18)26(25)36-28-24-5-4-12-39(24)38-27(37-28)22-16-40(29-21(22)13-19(32)15-35-29)45(42,43)20-9-6-17(2)7-10-20/h4-7,9-10,12-13,15-16,18,23,25-26H,3,8,11,14H2,1-2H3,(H,36,37,38)/t18-,23-,25-,26-/m0/s1. The highest BCUT2D eigenvalue weighted by Gasteiger charge is 2.60. The third-order valence-corrected chi connectivity index (χ3v) is 10.6. The summed E-state index contributed by atoms with van der Waals surface area (Å²) in [6.07, 6.45) is 4.16. The number of benzene rings is 1. The monoisotopic (exact) mass is 638 g/mol. The smallest absolute Gasteiger partial charge is 0.311 e. The van der Waals surface area contributed by atoms with E-state index in [0.717, 1.165) is 21.8 Å². The molecule has 0 radical (unpaired) electrons. The van der Waals surface area contributed by atoms with Crippen LogP contribution in [0, 0.1) is 30.5 Å². The third kappa shape index (κ3) is 4.82. The van der Waals surface area contributed by atoms with Crippen LogP contribution in [0.25, 0.3) is 27.9 Å². The number of carbonyl (C=O) groups is 1. The van der Waals surface area contributed by atoms with Gasteiger partial charge in [-0.15, -0.1) is 5.10 Å². The second-order valence-corrected chi connectivity index (χ2v) is 13.5. The predicted octanol–water partition coefficient (Wildman–Crippen LogP) is 5.46. The van der Waals surface area contributed by atoms with Crippen LogP contribution in [0.4, 0.5) is 19.0 Å². The average molecular weight is 639 g/mol. The molecule has 5 aromatic rings. The Balaban J connectivity index is 1.37. The van der Waals surface area contributed by atoms with Crippen LogP contribution in [0.3, 0.4) is 0 Å². The number of esters is 1. The minimum absolute atomic E-state index is 0.00290. The predicted molar refractivity (Wildman–Crippen MR) is 159 cm³/mol. The van der Waals surface area contributed by atoms with Crippen molar-refractivity contribution in [3.8, 4) is 11.4 Å². The highest BCUT2D eigenvalue weighted by atomic mass is 32.2. The Bertz CT molecular complexity index is 2060. The number of halogens is 3. The molecule has 1 aromatic carbocycles. The molecule has 2 bridgehead atoms. The van der Waals surface area contributed by atoms with E-state index >= 15 is 8.78 Å². The van der Waals surface area contributed by atoms with Crippen molar-refractivity contribution in [3.63, 3.8) is 0 Å². The first-order chi connectivity index (χ1) is 21.5. The fraction of sp³-hybridized carbons (Fsp3) is 0.355. The van der Waals surface area contributed by atoms with Crippen molar-refractivity contribution < 1.29 is 31.1 Å². The van der Waals surface area contributed by atoms with Gasteiger partial charge in [0, 0.05) is 41.7 Å². The van der Waals surface area contributed by atoms with Gasteiger partial charge in [-0.2, -0.15) is 0 Å². The van der Waals surface area contributed by atoms with Crippen molar-refractivity contribution in [2.75, 3.05) is 11.9 Å². The molecule has 3 aliphatic rings. The van der Waals surface area contributed by atoms with Crippen LogP contribution in [0.1, 0.15) is 31.7 Å². The topological polar surface area (TPSA) is 120 Å². The van der Waals surface area contributed by atoms with E-state index < -0.39 is 51.5 Å². The Labute approximate surface area is 256 Å². The van der Waals surface area contributed by atoms with Gasteiger partial charge in [-0.05, 0) is 62.9 Å². The number of nitrogens with one attached hydrogen (secondary N) is 1. The summed E-state index contributed by atoms with van der Waals surface area (Å²) >= 11 is 0. The summed E-state index contributed by atoms with van der Waals surface area (Å²) in [7, 11) is -4.17. The molecule has 234 valence electrons. The lowest BCUT2D eigenvalue weighted by Gasteiger charge is -2.51. The average Bonchev–Trinajstić information content (AvgIpc) is 3.62. The maximum Gasteiger partial charge on any atom is 0.311 e. The Morgan fingerprint density at radius 3 is 2.69 bits per heavy atom. The van der Waals surface area contributed by atoms with Gasteiger partial charge in [0.05, 0.1) is 23.6 Å². The summed E-state index contributed by atoms with van der Waals surface area (Å²) in [5.74, 6) is -6.57. The molecule has 1 N–H and O–H groups in total. The number of fused-ring (bicyclic) bond motifs is 5. The van der Waals surface area contributed by atoms with Gasteiger partial charge in [0.1, 0.15) is 11.3 Å². The van der Waals surface area contributed by atoms with Crippen molar-refractivity contribution >= 4 is 38.4 Å². The van der Waals surface area contributed by atoms with Crippen LogP contribution in [0.5, 0.6) is 0 Å². The zero-order chi connectivity index (χ0) is 31.7. The van der Waals surface area contributed by atoms with Gasteiger partial charge in [-0.1, -0.05) is 17.7 Å². The first-order valence-corrected chi connectivity index (χ1v) is 16.1. The molecule has 3 aliphatic carbocycles. The molecule has 10 nitrogen and oxygen atoms in total. The molecule has 4 atom stereocenters. The fourth-order valence-corrected chi connectivity index (χ4v) is 8.14. The van der Waals surface area contributed by atoms with E-state index in [1.807, 2.05) is 6.92 Å². The zero-order valence-electron chi connectivity index (χ0n) is 24.3. The lowest BCUT2D eigenvalue weighted by molar-refractivity contribution is -0.179. The van der Waals surface area contributed by atoms with Gasteiger partial charge < -0.3 is 10.1 Å². The van der Waals surface area contributed by atoms with Crippen molar-refractivity contribution in [3.05, 3.63) is 72.4 Å². The zero-order valence-corrected chi connectivity index (χ0v) is 25.1. The molecular weight excluding hydrogens is 609 g/mol. The van der Waals surface area contributed by atoms with Gasteiger partial charge in [-0.25, -0.2) is 40.0 Å². The number of hydrogen-bond donors (Lipinski definition) is 1. The number of carbonyl (C=O) groups excluding carboxylic acids is 1. The molecule has 3 saturated carbocycles. The number of ether oxygens (including phenoxy) is 1. The molecule has 45 heavy (non-hydrogen) atoms. The van der Waals surface area contributed by atoms with Crippen molar-refractivity contribution in [2.45, 2.75) is 50.0 Å². The van der Waals surface area contributed by atoms with E-state index in [1.165, 1.54) is 22.8 Å². The molecule has 14 heteroatoms. The molecule has 3 fully saturated rings. The maximum absolute atomic E-state index is 15.2. The number of hydrogen-bond acceptors (Lipinski definition) is 8. The normalized spacial score (nSPS) is 22.6.